The molecule has 98 valence electrons. The van der Waals surface area contributed by atoms with Crippen LogP contribution in [0.4, 0.5) is 0 Å². The molecule has 0 bridgehead atoms. The second-order valence-electron chi connectivity index (χ2n) is 4.72. The van der Waals surface area contributed by atoms with Crippen LogP contribution in [0.3, 0.4) is 0 Å². The monoisotopic (exact) mass is 273 g/mol. The van der Waals surface area contributed by atoms with Crippen molar-refractivity contribution >= 4 is 23.4 Å². The summed E-state index contributed by atoms with van der Waals surface area (Å²) in [6.45, 7) is 4.73. The third-order valence-electron chi connectivity index (χ3n) is 3.42. The molecule has 0 spiro atoms. The van der Waals surface area contributed by atoms with E-state index in [1.807, 2.05) is 41.5 Å². The number of aromatic amines is 1. The molecule has 0 amide bonds. The van der Waals surface area contributed by atoms with E-state index in [9.17, 15) is 0 Å². The van der Waals surface area contributed by atoms with Crippen LogP contribution in [0.1, 0.15) is 17.0 Å². The molecule has 3 rings (SSSR count). The maximum Gasteiger partial charge on any atom is 0.179 e. The van der Waals surface area contributed by atoms with Gasteiger partial charge in [-0.1, -0.05) is 0 Å². The molecule has 0 radical (unpaired) electrons. The maximum atomic E-state index is 5.39. The Labute approximate surface area is 115 Å². The standard InChI is InChI=1S/C13H15N5S/c1-8-4-5-11-12(15-8)18(13(19)16-11)7-10-6-14-17(3)9(10)2/h4-6H,7H2,1-3H3,(H,16,19). The summed E-state index contributed by atoms with van der Waals surface area (Å²) < 4.78 is 4.57. The van der Waals surface area contributed by atoms with Crippen molar-refractivity contribution in [3.05, 3.63) is 40.1 Å². The van der Waals surface area contributed by atoms with Gasteiger partial charge in [-0.2, -0.15) is 5.10 Å². The van der Waals surface area contributed by atoms with Crippen LogP contribution in [0.25, 0.3) is 11.2 Å². The fourth-order valence-electron chi connectivity index (χ4n) is 2.14. The van der Waals surface area contributed by atoms with Crippen LogP contribution < -0.4 is 0 Å². The van der Waals surface area contributed by atoms with Crippen molar-refractivity contribution in [1.29, 1.82) is 0 Å². The minimum Gasteiger partial charge on any atom is -0.329 e. The fourth-order valence-corrected chi connectivity index (χ4v) is 2.40. The van der Waals surface area contributed by atoms with E-state index in [1.54, 1.807) is 0 Å². The highest BCUT2D eigenvalue weighted by molar-refractivity contribution is 7.71. The Balaban J connectivity index is 2.15. The van der Waals surface area contributed by atoms with Crippen molar-refractivity contribution in [3.63, 3.8) is 0 Å². The number of aryl methyl sites for hydroxylation is 2. The predicted octanol–water partition coefficient (Wildman–Crippen LogP) is 2.49. The molecule has 0 aromatic carbocycles. The molecule has 19 heavy (non-hydrogen) atoms. The molecule has 0 unspecified atom stereocenters. The van der Waals surface area contributed by atoms with E-state index in [1.165, 1.54) is 0 Å². The molecule has 5 nitrogen and oxygen atoms in total. The fraction of sp³-hybridized carbons (Fsp3) is 0.308. The number of imidazole rings is 1. The lowest BCUT2D eigenvalue weighted by molar-refractivity contribution is 0.731. The second kappa shape index (κ2) is 4.31. The quantitative estimate of drug-likeness (QED) is 0.730. The summed E-state index contributed by atoms with van der Waals surface area (Å²) in [6, 6.07) is 3.99. The van der Waals surface area contributed by atoms with Crippen LogP contribution in [-0.2, 0) is 13.6 Å². The third kappa shape index (κ3) is 1.98. The number of nitrogens with one attached hydrogen (secondary N) is 1. The Morgan fingerprint density at radius 1 is 1.32 bits per heavy atom. The van der Waals surface area contributed by atoms with Gasteiger partial charge in [-0.3, -0.25) is 9.25 Å². The van der Waals surface area contributed by atoms with E-state index in [-0.39, 0.29) is 0 Å². The van der Waals surface area contributed by atoms with Gasteiger partial charge in [-0.05, 0) is 38.2 Å². The largest absolute Gasteiger partial charge is 0.329 e. The van der Waals surface area contributed by atoms with E-state index in [0.717, 1.165) is 28.1 Å². The zero-order chi connectivity index (χ0) is 13.6. The first-order valence-electron chi connectivity index (χ1n) is 6.10. The van der Waals surface area contributed by atoms with Gasteiger partial charge in [0.05, 0.1) is 18.3 Å². The average Bonchev–Trinajstić information content (AvgIpc) is 2.85. The van der Waals surface area contributed by atoms with Crippen LogP contribution in [0.15, 0.2) is 18.3 Å². The SMILES string of the molecule is Cc1ccc2[nH]c(=S)n(Cc3cnn(C)c3C)c2n1. The predicted molar refractivity (Wildman–Crippen MR) is 76.7 cm³/mol. The van der Waals surface area contributed by atoms with Gasteiger partial charge in [0.2, 0.25) is 0 Å². The molecule has 0 atom stereocenters. The number of rotatable bonds is 2. The molecule has 0 aliphatic heterocycles. The van der Waals surface area contributed by atoms with E-state index in [0.29, 0.717) is 11.3 Å². The van der Waals surface area contributed by atoms with E-state index >= 15 is 0 Å². The smallest absolute Gasteiger partial charge is 0.179 e. The van der Waals surface area contributed by atoms with Crippen molar-refractivity contribution in [3.8, 4) is 0 Å². The van der Waals surface area contributed by atoms with E-state index in [2.05, 4.69) is 22.0 Å². The number of H-pyrrole nitrogens is 1. The number of pyridine rings is 1. The first-order chi connectivity index (χ1) is 9.06. The summed E-state index contributed by atoms with van der Waals surface area (Å²) in [5, 5.41) is 4.26. The van der Waals surface area contributed by atoms with Crippen LogP contribution in [-0.4, -0.2) is 24.3 Å². The second-order valence-corrected chi connectivity index (χ2v) is 5.11. The summed E-state index contributed by atoms with van der Waals surface area (Å²) in [6.07, 6.45) is 1.88. The van der Waals surface area contributed by atoms with Crippen molar-refractivity contribution in [2.24, 2.45) is 7.05 Å². The number of hydrogen-bond acceptors (Lipinski definition) is 3. The minimum atomic E-state index is 0.689. The van der Waals surface area contributed by atoms with Gasteiger partial charge in [0.15, 0.2) is 10.4 Å². The normalized spacial score (nSPS) is 11.3. The molecule has 0 saturated carbocycles. The minimum absolute atomic E-state index is 0.689. The summed E-state index contributed by atoms with van der Waals surface area (Å²) in [5.41, 5.74) is 5.15. The molecule has 0 fully saturated rings. The van der Waals surface area contributed by atoms with Crippen molar-refractivity contribution in [2.75, 3.05) is 0 Å². The molecule has 3 aromatic heterocycles. The Kier molecular flexibility index (Phi) is 2.74. The lowest BCUT2D eigenvalue weighted by Crippen LogP contribution is -2.03. The molecular weight excluding hydrogens is 258 g/mol. The highest BCUT2D eigenvalue weighted by atomic mass is 32.1. The number of fused-ring (bicyclic) bond motifs is 1. The Hall–Kier alpha value is -1.95. The average molecular weight is 273 g/mol. The number of nitrogens with zero attached hydrogens (tertiary/aromatic N) is 4. The van der Waals surface area contributed by atoms with Crippen LogP contribution in [0.5, 0.6) is 0 Å². The molecule has 0 aliphatic carbocycles. The molecule has 3 aromatic rings. The van der Waals surface area contributed by atoms with Gasteiger partial charge >= 0.3 is 0 Å². The third-order valence-corrected chi connectivity index (χ3v) is 3.74. The molecule has 3 heterocycles. The molecular formula is C13H15N5S. The van der Waals surface area contributed by atoms with Crippen LogP contribution >= 0.6 is 12.2 Å². The first kappa shape index (κ1) is 12.1. The van der Waals surface area contributed by atoms with Gasteiger partial charge in [0, 0.05) is 24.0 Å². The highest BCUT2D eigenvalue weighted by Gasteiger charge is 2.10. The molecule has 0 aliphatic rings. The highest BCUT2D eigenvalue weighted by Crippen LogP contribution is 2.16. The Bertz CT molecular complexity index is 808. The topological polar surface area (TPSA) is 51.4 Å². The maximum absolute atomic E-state index is 5.39. The van der Waals surface area contributed by atoms with Crippen LogP contribution in [0, 0.1) is 18.6 Å². The van der Waals surface area contributed by atoms with Crippen molar-refractivity contribution in [1.82, 2.24) is 24.3 Å². The lowest BCUT2D eigenvalue weighted by atomic mass is 10.2. The number of hydrogen-bond donors (Lipinski definition) is 1. The van der Waals surface area contributed by atoms with E-state index < -0.39 is 0 Å². The number of aromatic nitrogens is 5. The van der Waals surface area contributed by atoms with Gasteiger partial charge in [0.1, 0.15) is 0 Å². The van der Waals surface area contributed by atoms with Gasteiger partial charge in [0.25, 0.3) is 0 Å². The summed E-state index contributed by atoms with van der Waals surface area (Å²) in [7, 11) is 1.94. The van der Waals surface area contributed by atoms with Gasteiger partial charge in [-0.25, -0.2) is 4.98 Å². The summed E-state index contributed by atoms with van der Waals surface area (Å²) >= 11 is 5.39. The zero-order valence-corrected chi connectivity index (χ0v) is 12.0. The van der Waals surface area contributed by atoms with Crippen molar-refractivity contribution in [2.45, 2.75) is 20.4 Å². The summed E-state index contributed by atoms with van der Waals surface area (Å²) in [5.74, 6) is 0. The van der Waals surface area contributed by atoms with Gasteiger partial charge < -0.3 is 4.98 Å². The zero-order valence-electron chi connectivity index (χ0n) is 11.1. The molecule has 0 saturated heterocycles. The van der Waals surface area contributed by atoms with E-state index in [4.69, 9.17) is 12.2 Å². The molecule has 6 heteroatoms. The Morgan fingerprint density at radius 2 is 2.11 bits per heavy atom. The summed E-state index contributed by atoms with van der Waals surface area (Å²) in [4.78, 5) is 7.76. The van der Waals surface area contributed by atoms with Crippen molar-refractivity contribution < 1.29 is 0 Å². The van der Waals surface area contributed by atoms with Gasteiger partial charge in [-0.15, -0.1) is 0 Å². The van der Waals surface area contributed by atoms with Crippen LogP contribution in [0.2, 0.25) is 0 Å². The lowest BCUT2D eigenvalue weighted by Gasteiger charge is -2.04. The molecule has 1 N–H and O–H groups in total. The first-order valence-corrected chi connectivity index (χ1v) is 6.50. The Morgan fingerprint density at radius 3 is 2.79 bits per heavy atom.